The van der Waals surface area contributed by atoms with Gasteiger partial charge in [-0.3, -0.25) is 0 Å². The van der Waals surface area contributed by atoms with Gasteiger partial charge in [0.2, 0.25) is 0 Å². The minimum atomic E-state index is 0.735. The van der Waals surface area contributed by atoms with Crippen LogP contribution in [-0.2, 0) is 0 Å². The molecule has 0 spiro atoms. The number of hydrogen-bond donors (Lipinski definition) is 1. The first-order valence-corrected chi connectivity index (χ1v) is 5.85. The second-order valence-corrected chi connectivity index (χ2v) is 4.12. The lowest BCUT2D eigenvalue weighted by Gasteiger charge is -2.10. The predicted octanol–water partition coefficient (Wildman–Crippen LogP) is 4.21. The highest BCUT2D eigenvalue weighted by Gasteiger charge is 2.05. The van der Waals surface area contributed by atoms with Gasteiger partial charge in [-0.1, -0.05) is 42.5 Å². The van der Waals surface area contributed by atoms with Crippen LogP contribution in [0.3, 0.4) is 0 Å². The van der Waals surface area contributed by atoms with Gasteiger partial charge in [0.15, 0.2) is 0 Å². The van der Waals surface area contributed by atoms with E-state index in [-0.39, 0.29) is 0 Å². The van der Waals surface area contributed by atoms with E-state index in [4.69, 9.17) is 10.5 Å². The lowest BCUT2D eigenvalue weighted by molar-refractivity contribution is 0.488. The lowest BCUT2D eigenvalue weighted by Crippen LogP contribution is -1.90. The average molecular weight is 235 g/mol. The molecule has 2 N–H and O–H groups in total. The summed E-state index contributed by atoms with van der Waals surface area (Å²) in [6, 6.07) is 21.5. The number of fused-ring (bicyclic) bond motifs is 1. The molecule has 0 aliphatic heterocycles. The first-order chi connectivity index (χ1) is 8.84. The van der Waals surface area contributed by atoms with E-state index in [0.717, 1.165) is 28.0 Å². The van der Waals surface area contributed by atoms with Crippen molar-refractivity contribution in [1.29, 1.82) is 0 Å². The molecule has 0 saturated heterocycles. The first-order valence-electron chi connectivity index (χ1n) is 5.85. The number of anilines is 1. The number of hydrogen-bond acceptors (Lipinski definition) is 2. The van der Waals surface area contributed by atoms with Gasteiger partial charge in [0.25, 0.3) is 0 Å². The van der Waals surface area contributed by atoms with Crippen LogP contribution in [0.4, 0.5) is 5.69 Å². The molecular formula is C16H13NO. The van der Waals surface area contributed by atoms with Crippen molar-refractivity contribution >= 4 is 16.5 Å². The van der Waals surface area contributed by atoms with Gasteiger partial charge in [-0.15, -0.1) is 0 Å². The maximum atomic E-state index is 6.03. The molecule has 0 bridgehead atoms. The topological polar surface area (TPSA) is 35.2 Å². The van der Waals surface area contributed by atoms with Crippen molar-refractivity contribution in [1.82, 2.24) is 0 Å². The van der Waals surface area contributed by atoms with Gasteiger partial charge >= 0.3 is 0 Å². The number of nitrogens with two attached hydrogens (primary N) is 1. The molecule has 0 aliphatic carbocycles. The van der Waals surface area contributed by atoms with E-state index >= 15 is 0 Å². The van der Waals surface area contributed by atoms with Crippen molar-refractivity contribution in [2.45, 2.75) is 0 Å². The SMILES string of the molecule is Nc1cccc2cccc(Oc3ccccc3)c12. The van der Waals surface area contributed by atoms with E-state index in [0.29, 0.717) is 0 Å². The standard InChI is InChI=1S/C16H13NO/c17-14-10-4-6-12-7-5-11-15(16(12)14)18-13-8-2-1-3-9-13/h1-11H,17H2. The van der Waals surface area contributed by atoms with Crippen LogP contribution in [0, 0.1) is 0 Å². The highest BCUT2D eigenvalue weighted by Crippen LogP contribution is 2.33. The molecule has 0 radical (unpaired) electrons. The Balaban J connectivity index is 2.12. The van der Waals surface area contributed by atoms with Gasteiger partial charge in [-0.25, -0.2) is 0 Å². The second kappa shape index (κ2) is 4.41. The van der Waals surface area contributed by atoms with E-state index in [1.54, 1.807) is 0 Å². The fourth-order valence-electron chi connectivity index (χ4n) is 2.04. The van der Waals surface area contributed by atoms with Crippen LogP contribution in [0.2, 0.25) is 0 Å². The summed E-state index contributed by atoms with van der Waals surface area (Å²) in [5.41, 5.74) is 6.77. The summed E-state index contributed by atoms with van der Waals surface area (Å²) in [6.07, 6.45) is 0. The second-order valence-electron chi connectivity index (χ2n) is 4.12. The third-order valence-electron chi connectivity index (χ3n) is 2.87. The summed E-state index contributed by atoms with van der Waals surface area (Å²) in [5.74, 6) is 1.60. The monoisotopic (exact) mass is 235 g/mol. The third kappa shape index (κ3) is 1.89. The zero-order valence-electron chi connectivity index (χ0n) is 9.84. The maximum Gasteiger partial charge on any atom is 0.137 e. The molecule has 88 valence electrons. The van der Waals surface area contributed by atoms with Crippen LogP contribution < -0.4 is 10.5 Å². The zero-order chi connectivity index (χ0) is 12.4. The van der Waals surface area contributed by atoms with Crippen LogP contribution in [0.5, 0.6) is 11.5 Å². The van der Waals surface area contributed by atoms with Crippen molar-refractivity contribution in [2.24, 2.45) is 0 Å². The third-order valence-corrected chi connectivity index (χ3v) is 2.87. The highest BCUT2D eigenvalue weighted by atomic mass is 16.5. The van der Waals surface area contributed by atoms with E-state index in [9.17, 15) is 0 Å². The molecule has 0 fully saturated rings. The molecule has 2 nitrogen and oxygen atoms in total. The van der Waals surface area contributed by atoms with Gasteiger partial charge in [0.05, 0.1) is 0 Å². The first kappa shape index (κ1) is 10.7. The molecule has 0 heterocycles. The Morgan fingerprint density at radius 1 is 0.722 bits per heavy atom. The van der Waals surface area contributed by atoms with Crippen molar-refractivity contribution in [2.75, 3.05) is 5.73 Å². The predicted molar refractivity (Wildman–Crippen MR) is 74.9 cm³/mol. The van der Waals surface area contributed by atoms with Crippen molar-refractivity contribution < 1.29 is 4.74 Å². The summed E-state index contributed by atoms with van der Waals surface area (Å²) in [7, 11) is 0. The number of rotatable bonds is 2. The number of ether oxygens (including phenoxy) is 1. The Bertz CT molecular complexity index is 672. The van der Waals surface area contributed by atoms with Gasteiger partial charge in [-0.05, 0) is 29.7 Å². The van der Waals surface area contributed by atoms with Gasteiger partial charge in [-0.2, -0.15) is 0 Å². The number of benzene rings is 3. The molecule has 0 amide bonds. The summed E-state index contributed by atoms with van der Waals surface area (Å²) < 4.78 is 5.89. The fourth-order valence-corrected chi connectivity index (χ4v) is 2.04. The summed E-state index contributed by atoms with van der Waals surface area (Å²) in [6.45, 7) is 0. The number of para-hydroxylation sites is 1. The van der Waals surface area contributed by atoms with Gasteiger partial charge < -0.3 is 10.5 Å². The van der Waals surface area contributed by atoms with Crippen LogP contribution in [-0.4, -0.2) is 0 Å². The quantitative estimate of drug-likeness (QED) is 0.675. The zero-order valence-corrected chi connectivity index (χ0v) is 9.84. The Morgan fingerprint density at radius 2 is 1.44 bits per heavy atom. The molecule has 0 saturated carbocycles. The van der Waals surface area contributed by atoms with Crippen LogP contribution in [0.25, 0.3) is 10.8 Å². The molecular weight excluding hydrogens is 222 g/mol. The molecule has 18 heavy (non-hydrogen) atoms. The fraction of sp³-hybridized carbons (Fsp3) is 0. The van der Waals surface area contributed by atoms with Crippen LogP contribution in [0.1, 0.15) is 0 Å². The van der Waals surface area contributed by atoms with Crippen molar-refractivity contribution in [3.8, 4) is 11.5 Å². The van der Waals surface area contributed by atoms with Crippen molar-refractivity contribution in [3.05, 3.63) is 66.7 Å². The van der Waals surface area contributed by atoms with Crippen LogP contribution >= 0.6 is 0 Å². The van der Waals surface area contributed by atoms with E-state index in [1.165, 1.54) is 0 Å². The highest BCUT2D eigenvalue weighted by molar-refractivity contribution is 5.97. The van der Waals surface area contributed by atoms with Crippen molar-refractivity contribution in [3.63, 3.8) is 0 Å². The summed E-state index contributed by atoms with van der Waals surface area (Å²) >= 11 is 0. The minimum absolute atomic E-state index is 0.735. The molecule has 3 rings (SSSR count). The summed E-state index contributed by atoms with van der Waals surface area (Å²) in [4.78, 5) is 0. The Morgan fingerprint density at radius 3 is 2.22 bits per heavy atom. The average Bonchev–Trinajstić information content (AvgIpc) is 2.40. The normalized spacial score (nSPS) is 10.4. The van der Waals surface area contributed by atoms with Gasteiger partial charge in [0, 0.05) is 11.1 Å². The Labute approximate surface area is 106 Å². The lowest BCUT2D eigenvalue weighted by atomic mass is 10.1. The molecule has 3 aromatic carbocycles. The molecule has 2 heteroatoms. The minimum Gasteiger partial charge on any atom is -0.457 e. The van der Waals surface area contributed by atoms with E-state index in [1.807, 2.05) is 66.7 Å². The van der Waals surface area contributed by atoms with E-state index in [2.05, 4.69) is 0 Å². The van der Waals surface area contributed by atoms with Gasteiger partial charge in [0.1, 0.15) is 11.5 Å². The molecule has 0 aromatic heterocycles. The smallest absolute Gasteiger partial charge is 0.137 e. The van der Waals surface area contributed by atoms with Crippen LogP contribution in [0.15, 0.2) is 66.7 Å². The molecule has 3 aromatic rings. The maximum absolute atomic E-state index is 6.03. The largest absolute Gasteiger partial charge is 0.457 e. The Hall–Kier alpha value is -2.48. The summed E-state index contributed by atoms with van der Waals surface area (Å²) in [5, 5.41) is 2.05. The Kier molecular flexibility index (Phi) is 2.61. The molecule has 0 atom stereocenters. The number of nitrogen functional groups attached to an aromatic ring is 1. The molecule has 0 unspecified atom stereocenters. The molecule has 0 aliphatic rings. The van der Waals surface area contributed by atoms with E-state index < -0.39 is 0 Å².